The van der Waals surface area contributed by atoms with Crippen LogP contribution in [0.15, 0.2) is 53.7 Å². The van der Waals surface area contributed by atoms with Gasteiger partial charge in [-0.25, -0.2) is 0 Å². The van der Waals surface area contributed by atoms with Crippen LogP contribution in [0.2, 0.25) is 0 Å². The molecule has 7 nitrogen and oxygen atoms in total. The highest BCUT2D eigenvalue weighted by Crippen LogP contribution is 2.45. The van der Waals surface area contributed by atoms with Gasteiger partial charge in [-0.3, -0.25) is 9.69 Å². The maximum absolute atomic E-state index is 13.3. The van der Waals surface area contributed by atoms with E-state index in [1.165, 1.54) is 11.8 Å². The van der Waals surface area contributed by atoms with E-state index in [-0.39, 0.29) is 5.91 Å². The van der Waals surface area contributed by atoms with Crippen LogP contribution < -0.4 is 14.4 Å². The van der Waals surface area contributed by atoms with E-state index in [1.54, 1.807) is 4.90 Å². The third kappa shape index (κ3) is 4.27. The quantitative estimate of drug-likeness (QED) is 0.358. The number of carbonyl (C=O) groups excluding carboxylic acids is 1. The number of ether oxygens (including phenoxy) is 2. The van der Waals surface area contributed by atoms with Crippen molar-refractivity contribution < 1.29 is 14.3 Å². The van der Waals surface area contributed by atoms with Crippen molar-refractivity contribution in [1.29, 1.82) is 0 Å². The minimum Gasteiger partial charge on any atom is -0.493 e. The van der Waals surface area contributed by atoms with Crippen molar-refractivity contribution in [2.24, 2.45) is 0 Å². The molecule has 0 unspecified atom stereocenters. The number of para-hydroxylation sites is 2. The normalized spacial score (nSPS) is 14.7. The molecule has 2 aromatic carbocycles. The summed E-state index contributed by atoms with van der Waals surface area (Å²) in [5.41, 5.74) is 2.74. The average molecular weight is 451 g/mol. The molecule has 0 radical (unpaired) electrons. The van der Waals surface area contributed by atoms with Crippen molar-refractivity contribution >= 4 is 23.4 Å². The van der Waals surface area contributed by atoms with Gasteiger partial charge in [-0.2, -0.15) is 4.98 Å². The molecule has 166 valence electrons. The van der Waals surface area contributed by atoms with E-state index in [9.17, 15) is 4.79 Å². The van der Waals surface area contributed by atoms with Gasteiger partial charge in [0.05, 0.1) is 17.9 Å². The van der Waals surface area contributed by atoms with Gasteiger partial charge in [0, 0.05) is 12.0 Å². The molecule has 1 aromatic heterocycles. The summed E-state index contributed by atoms with van der Waals surface area (Å²) < 4.78 is 12.5. The predicted octanol–water partition coefficient (Wildman–Crippen LogP) is 5.27. The lowest BCUT2D eigenvalue weighted by Crippen LogP contribution is -2.37. The highest BCUT2D eigenvalue weighted by molar-refractivity contribution is 7.98. The van der Waals surface area contributed by atoms with E-state index in [4.69, 9.17) is 9.47 Å². The predicted molar refractivity (Wildman–Crippen MR) is 125 cm³/mol. The van der Waals surface area contributed by atoms with Crippen LogP contribution in [0.1, 0.15) is 44.9 Å². The molecule has 1 aliphatic heterocycles. The second-order valence-corrected chi connectivity index (χ2v) is 8.07. The van der Waals surface area contributed by atoms with Gasteiger partial charge in [0.25, 0.3) is 0 Å². The number of hydrogen-bond donors (Lipinski definition) is 0. The largest absolute Gasteiger partial charge is 0.493 e. The van der Waals surface area contributed by atoms with Gasteiger partial charge in [-0.15, -0.1) is 10.2 Å². The lowest BCUT2D eigenvalue weighted by molar-refractivity contribution is -0.120. The Hall–Kier alpha value is -3.13. The number of carbonyl (C=O) groups is 1. The van der Waals surface area contributed by atoms with Crippen LogP contribution in [0.3, 0.4) is 0 Å². The number of benzene rings is 2. The molecule has 4 rings (SSSR count). The summed E-state index contributed by atoms with van der Waals surface area (Å²) in [4.78, 5) is 19.5. The SMILES string of the molecule is CCCCOc1ccccc1[C@H]1Oc2nc(SC)nnc2-c2ccccc2N1C(=O)CC. The van der Waals surface area contributed by atoms with Crippen molar-refractivity contribution in [2.75, 3.05) is 17.8 Å². The topological polar surface area (TPSA) is 77.4 Å². The molecule has 1 atom stereocenters. The van der Waals surface area contributed by atoms with Gasteiger partial charge in [-0.05, 0) is 30.9 Å². The molecule has 32 heavy (non-hydrogen) atoms. The fraction of sp³-hybridized carbons (Fsp3) is 0.333. The van der Waals surface area contributed by atoms with Crippen molar-refractivity contribution in [3.63, 3.8) is 0 Å². The Labute approximate surface area is 192 Å². The molecule has 1 aliphatic rings. The first-order valence-corrected chi connectivity index (χ1v) is 12.0. The first kappa shape index (κ1) is 22.1. The van der Waals surface area contributed by atoms with E-state index >= 15 is 0 Å². The van der Waals surface area contributed by atoms with Crippen LogP contribution in [-0.2, 0) is 4.79 Å². The van der Waals surface area contributed by atoms with E-state index < -0.39 is 6.23 Å². The minimum absolute atomic E-state index is 0.0725. The zero-order valence-corrected chi connectivity index (χ0v) is 19.3. The van der Waals surface area contributed by atoms with Crippen LogP contribution >= 0.6 is 11.8 Å². The summed E-state index contributed by atoms with van der Waals surface area (Å²) in [5, 5.41) is 9.10. The Bertz CT molecular complexity index is 1110. The minimum atomic E-state index is -0.755. The lowest BCUT2D eigenvalue weighted by atomic mass is 10.1. The Morgan fingerprint density at radius 1 is 1.12 bits per heavy atom. The number of rotatable bonds is 7. The Morgan fingerprint density at radius 3 is 2.69 bits per heavy atom. The standard InChI is InChI=1S/C24H26N4O3S/c1-4-6-15-30-19-14-10-8-12-17(19)23-28(20(29)5-2)18-13-9-7-11-16(18)21-22(31-23)25-24(32-3)27-26-21/h7-14,23H,4-6,15H2,1-3H3/t23-/m1/s1. The zero-order valence-electron chi connectivity index (χ0n) is 18.4. The van der Waals surface area contributed by atoms with Gasteiger partial charge in [0.15, 0.2) is 5.69 Å². The average Bonchev–Trinajstić information content (AvgIpc) is 2.98. The van der Waals surface area contributed by atoms with Gasteiger partial charge in [0.1, 0.15) is 5.75 Å². The van der Waals surface area contributed by atoms with Crippen molar-refractivity contribution in [3.8, 4) is 22.9 Å². The molecular weight excluding hydrogens is 424 g/mol. The van der Waals surface area contributed by atoms with Crippen molar-refractivity contribution in [2.45, 2.75) is 44.5 Å². The third-order valence-electron chi connectivity index (χ3n) is 5.21. The maximum Gasteiger partial charge on any atom is 0.247 e. The number of fused-ring (bicyclic) bond motifs is 3. The number of hydrogen-bond acceptors (Lipinski definition) is 7. The van der Waals surface area contributed by atoms with Gasteiger partial charge >= 0.3 is 0 Å². The zero-order chi connectivity index (χ0) is 22.5. The maximum atomic E-state index is 13.3. The smallest absolute Gasteiger partial charge is 0.247 e. The first-order valence-electron chi connectivity index (χ1n) is 10.8. The summed E-state index contributed by atoms with van der Waals surface area (Å²) in [6.45, 7) is 4.55. The highest BCUT2D eigenvalue weighted by Gasteiger charge is 2.36. The summed E-state index contributed by atoms with van der Waals surface area (Å²) in [7, 11) is 0. The van der Waals surface area contributed by atoms with E-state index in [1.807, 2.05) is 61.7 Å². The molecule has 0 saturated carbocycles. The molecule has 0 aliphatic carbocycles. The molecule has 3 aromatic rings. The molecule has 2 heterocycles. The lowest BCUT2D eigenvalue weighted by Gasteiger charge is -2.31. The second-order valence-electron chi connectivity index (χ2n) is 7.30. The molecule has 1 amide bonds. The van der Waals surface area contributed by atoms with Crippen LogP contribution in [-0.4, -0.2) is 34.0 Å². The fourth-order valence-corrected chi connectivity index (χ4v) is 3.88. The van der Waals surface area contributed by atoms with Crippen molar-refractivity contribution in [3.05, 3.63) is 54.1 Å². The number of anilines is 1. The summed E-state index contributed by atoms with van der Waals surface area (Å²) in [5.74, 6) is 0.959. The number of aromatic nitrogens is 3. The van der Waals surface area contributed by atoms with Gasteiger partial charge < -0.3 is 9.47 Å². The molecule has 0 N–H and O–H groups in total. The van der Waals surface area contributed by atoms with Gasteiger partial charge in [0.2, 0.25) is 23.2 Å². The molecule has 0 bridgehead atoms. The Morgan fingerprint density at radius 2 is 1.91 bits per heavy atom. The van der Waals surface area contributed by atoms with Crippen molar-refractivity contribution in [1.82, 2.24) is 15.2 Å². The number of amides is 1. The fourth-order valence-electron chi connectivity index (χ4n) is 3.58. The van der Waals surface area contributed by atoms with Crippen LogP contribution in [0.25, 0.3) is 11.3 Å². The third-order valence-corrected chi connectivity index (χ3v) is 5.74. The number of unbranched alkanes of at least 4 members (excludes halogenated alkanes) is 1. The number of thioether (sulfide) groups is 1. The molecule has 0 fully saturated rings. The Kier molecular flexibility index (Phi) is 6.90. The molecule has 0 spiro atoms. The number of nitrogens with zero attached hydrogens (tertiary/aromatic N) is 4. The van der Waals surface area contributed by atoms with E-state index in [0.29, 0.717) is 41.2 Å². The van der Waals surface area contributed by atoms with Crippen LogP contribution in [0, 0.1) is 0 Å². The highest BCUT2D eigenvalue weighted by atomic mass is 32.2. The summed E-state index contributed by atoms with van der Waals surface area (Å²) in [6, 6.07) is 15.3. The molecular formula is C24H26N4O3S. The molecule has 8 heteroatoms. The second kappa shape index (κ2) is 9.99. The van der Waals surface area contributed by atoms with Crippen LogP contribution in [0.5, 0.6) is 11.6 Å². The van der Waals surface area contributed by atoms with Crippen LogP contribution in [0.4, 0.5) is 5.69 Å². The van der Waals surface area contributed by atoms with E-state index in [2.05, 4.69) is 22.1 Å². The van der Waals surface area contributed by atoms with Gasteiger partial charge in [-0.1, -0.05) is 62.4 Å². The van der Waals surface area contributed by atoms with E-state index in [0.717, 1.165) is 24.0 Å². The first-order chi connectivity index (χ1) is 15.7. The molecule has 0 saturated heterocycles. The Balaban J connectivity index is 1.91. The summed E-state index contributed by atoms with van der Waals surface area (Å²) in [6.07, 6.45) is 3.42. The summed E-state index contributed by atoms with van der Waals surface area (Å²) >= 11 is 1.39. The monoisotopic (exact) mass is 450 g/mol.